The van der Waals surface area contributed by atoms with Crippen molar-refractivity contribution in [2.24, 2.45) is 22.7 Å². The van der Waals surface area contributed by atoms with Crippen LogP contribution in [0.2, 0.25) is 0 Å². The third kappa shape index (κ3) is 2.23. The van der Waals surface area contributed by atoms with Crippen LogP contribution >= 0.6 is 11.8 Å². The fourth-order valence-corrected chi connectivity index (χ4v) is 4.48. The molecule has 4 atom stereocenters. The van der Waals surface area contributed by atoms with Crippen LogP contribution < -0.4 is 5.32 Å². The Hall–Kier alpha value is -0.720. The molecule has 7 heteroatoms. The lowest BCUT2D eigenvalue weighted by molar-refractivity contribution is -0.165. The summed E-state index contributed by atoms with van der Waals surface area (Å²) in [7, 11) is 0. The first-order chi connectivity index (χ1) is 9.29. The van der Waals surface area contributed by atoms with E-state index in [1.807, 2.05) is 0 Å². The number of nitrogens with zero attached hydrogens (tertiary/aromatic N) is 1. The van der Waals surface area contributed by atoms with Crippen LogP contribution in [0.15, 0.2) is 4.99 Å². The molecule has 2 unspecified atom stereocenters. The van der Waals surface area contributed by atoms with Gasteiger partial charge in [0.1, 0.15) is 0 Å². The highest BCUT2D eigenvalue weighted by molar-refractivity contribution is 8.16. The molecular weight excluding hydrogens is 289 g/mol. The number of halogens is 3. The second-order valence-corrected chi connectivity index (χ2v) is 7.58. The molecule has 112 valence electrons. The Balaban J connectivity index is 1.57. The molecule has 2 bridgehead atoms. The molecule has 0 radical (unpaired) electrons. The van der Waals surface area contributed by atoms with Crippen molar-refractivity contribution >= 4 is 22.8 Å². The van der Waals surface area contributed by atoms with E-state index in [1.54, 1.807) is 0 Å². The van der Waals surface area contributed by atoms with Crippen molar-refractivity contribution in [1.29, 1.82) is 0 Å². The van der Waals surface area contributed by atoms with Crippen LogP contribution in [0.3, 0.4) is 0 Å². The maximum absolute atomic E-state index is 12.9. The van der Waals surface area contributed by atoms with Gasteiger partial charge in [-0.05, 0) is 43.9 Å². The molecule has 3 rings (SSSR count). The predicted octanol–water partition coefficient (Wildman–Crippen LogP) is 2.96. The molecule has 0 spiro atoms. The minimum atomic E-state index is -4.58. The first kappa shape index (κ1) is 14.2. The molecule has 1 amide bonds. The van der Waals surface area contributed by atoms with Crippen molar-refractivity contribution in [1.82, 2.24) is 5.32 Å². The number of hydrogen-bond donors (Lipinski definition) is 1. The van der Waals surface area contributed by atoms with Crippen molar-refractivity contribution < 1.29 is 18.0 Å². The van der Waals surface area contributed by atoms with Crippen molar-refractivity contribution in [3.8, 4) is 0 Å². The highest BCUT2D eigenvalue weighted by Crippen LogP contribution is 2.49. The molecule has 3 nitrogen and oxygen atoms in total. The predicted molar refractivity (Wildman–Crippen MR) is 71.4 cm³/mol. The average Bonchev–Trinajstić information content (AvgIpc) is 3.01. The second kappa shape index (κ2) is 4.64. The summed E-state index contributed by atoms with van der Waals surface area (Å²) < 4.78 is 36.2. The summed E-state index contributed by atoms with van der Waals surface area (Å²) in [5, 5.41) is 3.08. The van der Waals surface area contributed by atoms with E-state index < -0.39 is 16.8 Å². The lowest BCUT2D eigenvalue weighted by Gasteiger charge is -2.24. The molecule has 1 aliphatic heterocycles. The van der Waals surface area contributed by atoms with E-state index >= 15 is 0 Å². The maximum atomic E-state index is 12.9. The Bertz CT molecular complexity index is 465. The van der Waals surface area contributed by atoms with Gasteiger partial charge in [0.25, 0.3) is 5.91 Å². The zero-order valence-electron chi connectivity index (χ0n) is 11.2. The van der Waals surface area contributed by atoms with Gasteiger partial charge in [-0.1, -0.05) is 18.2 Å². The SMILES string of the molecule is C[C@]1(C(F)(F)F)SC(NCC2C[C@@H]3CCC2C3)=NC1=O. The van der Waals surface area contributed by atoms with E-state index in [4.69, 9.17) is 0 Å². The molecule has 0 aromatic rings. The first-order valence-electron chi connectivity index (χ1n) is 6.92. The summed E-state index contributed by atoms with van der Waals surface area (Å²) in [6, 6.07) is 0. The Morgan fingerprint density at radius 1 is 1.40 bits per heavy atom. The summed E-state index contributed by atoms with van der Waals surface area (Å²) in [6.07, 6.45) is 0.358. The van der Waals surface area contributed by atoms with Crippen molar-refractivity contribution in [2.45, 2.75) is 43.5 Å². The van der Waals surface area contributed by atoms with E-state index in [0.717, 1.165) is 19.3 Å². The van der Waals surface area contributed by atoms with Gasteiger partial charge in [-0.3, -0.25) is 4.79 Å². The fourth-order valence-electron chi connectivity index (χ4n) is 3.56. The van der Waals surface area contributed by atoms with Crippen LogP contribution in [0.1, 0.15) is 32.6 Å². The van der Waals surface area contributed by atoms with Gasteiger partial charge in [-0.15, -0.1) is 0 Å². The molecule has 0 aromatic carbocycles. The topological polar surface area (TPSA) is 41.5 Å². The van der Waals surface area contributed by atoms with Gasteiger partial charge in [-0.2, -0.15) is 18.2 Å². The number of hydrogen-bond acceptors (Lipinski definition) is 3. The quantitative estimate of drug-likeness (QED) is 0.853. The van der Waals surface area contributed by atoms with Gasteiger partial charge in [-0.25, -0.2) is 0 Å². The zero-order valence-corrected chi connectivity index (χ0v) is 12.0. The largest absolute Gasteiger partial charge is 0.412 e. The van der Waals surface area contributed by atoms with Crippen molar-refractivity contribution in [3.05, 3.63) is 0 Å². The number of carbonyl (C=O) groups is 1. The van der Waals surface area contributed by atoms with Crippen LogP contribution in [0.4, 0.5) is 13.2 Å². The third-order valence-electron chi connectivity index (χ3n) is 4.85. The summed E-state index contributed by atoms with van der Waals surface area (Å²) in [6.45, 7) is 1.53. The number of nitrogens with one attached hydrogen (secondary N) is 1. The van der Waals surface area contributed by atoms with Crippen molar-refractivity contribution in [3.63, 3.8) is 0 Å². The summed E-state index contributed by atoms with van der Waals surface area (Å²) >= 11 is 0.496. The number of amides is 1. The highest BCUT2D eigenvalue weighted by atomic mass is 32.2. The van der Waals surface area contributed by atoms with Gasteiger partial charge in [0.2, 0.25) is 0 Å². The average molecular weight is 306 g/mol. The Kier molecular flexibility index (Phi) is 3.30. The van der Waals surface area contributed by atoms with Crippen LogP contribution in [0, 0.1) is 17.8 Å². The van der Waals surface area contributed by atoms with Gasteiger partial charge in [0.15, 0.2) is 9.91 Å². The van der Waals surface area contributed by atoms with E-state index in [-0.39, 0.29) is 5.17 Å². The Morgan fingerprint density at radius 2 is 2.15 bits per heavy atom. The number of alkyl halides is 3. The Labute approximate surface area is 119 Å². The number of rotatable bonds is 2. The molecular formula is C13H17F3N2OS. The lowest BCUT2D eigenvalue weighted by Crippen LogP contribution is -2.44. The number of fused-ring (bicyclic) bond motifs is 2. The van der Waals surface area contributed by atoms with Crippen LogP contribution in [0.5, 0.6) is 0 Å². The molecule has 20 heavy (non-hydrogen) atoms. The molecule has 2 saturated carbocycles. The third-order valence-corrected chi connectivity index (χ3v) is 6.10. The van der Waals surface area contributed by atoms with Crippen LogP contribution in [0.25, 0.3) is 0 Å². The number of thioether (sulfide) groups is 1. The fraction of sp³-hybridized carbons (Fsp3) is 0.846. The lowest BCUT2D eigenvalue weighted by atomic mass is 9.89. The molecule has 1 N–H and O–H groups in total. The number of aliphatic imine (C=N–C) groups is 1. The Morgan fingerprint density at radius 3 is 2.65 bits per heavy atom. The van der Waals surface area contributed by atoms with E-state index in [2.05, 4.69) is 10.3 Å². The first-order valence-corrected chi connectivity index (χ1v) is 7.74. The minimum absolute atomic E-state index is 0.123. The van der Waals surface area contributed by atoms with Crippen molar-refractivity contribution in [2.75, 3.05) is 6.54 Å². The summed E-state index contributed by atoms with van der Waals surface area (Å²) in [5.74, 6) is 0.909. The number of amidine groups is 1. The van der Waals surface area contributed by atoms with Gasteiger partial charge >= 0.3 is 6.18 Å². The summed E-state index contributed by atoms with van der Waals surface area (Å²) in [4.78, 5) is 15.0. The van der Waals surface area contributed by atoms with Gasteiger partial charge in [0.05, 0.1) is 0 Å². The van der Waals surface area contributed by atoms with Gasteiger partial charge < -0.3 is 5.32 Å². The van der Waals surface area contributed by atoms with Gasteiger partial charge in [0, 0.05) is 6.54 Å². The minimum Gasteiger partial charge on any atom is -0.364 e. The highest BCUT2D eigenvalue weighted by Gasteiger charge is 2.61. The molecule has 2 aliphatic carbocycles. The maximum Gasteiger partial charge on any atom is 0.412 e. The van der Waals surface area contributed by atoms with E-state index in [9.17, 15) is 18.0 Å². The number of carbonyl (C=O) groups excluding carboxylic acids is 1. The normalized spacial score (nSPS) is 40.3. The van der Waals surface area contributed by atoms with E-state index in [0.29, 0.717) is 30.1 Å². The second-order valence-electron chi connectivity index (χ2n) is 6.17. The van der Waals surface area contributed by atoms with E-state index in [1.165, 1.54) is 19.3 Å². The van der Waals surface area contributed by atoms with Crippen LogP contribution in [-0.4, -0.2) is 28.5 Å². The zero-order chi connectivity index (χ0) is 14.5. The molecule has 3 aliphatic rings. The smallest absolute Gasteiger partial charge is 0.364 e. The molecule has 2 fully saturated rings. The monoisotopic (exact) mass is 306 g/mol. The standard InChI is InChI=1S/C13H17F3N2OS/c1-12(13(14,15)16)10(19)18-11(20-12)17-6-9-5-7-2-3-8(9)4-7/h7-9H,2-6H2,1H3,(H,17,18,19)/t7-,8?,9?,12+/m1/s1. The molecule has 1 heterocycles. The summed E-state index contributed by atoms with van der Waals surface area (Å²) in [5.41, 5.74) is 0. The van der Waals surface area contributed by atoms with Crippen LogP contribution in [-0.2, 0) is 4.79 Å². The molecule has 0 saturated heterocycles. The molecule has 0 aromatic heterocycles.